The van der Waals surface area contributed by atoms with Crippen LogP contribution in [0.3, 0.4) is 0 Å². The first kappa shape index (κ1) is 17.8. The lowest BCUT2D eigenvalue weighted by Gasteiger charge is -2.12. The van der Waals surface area contributed by atoms with Crippen LogP contribution in [0.15, 0.2) is 42.6 Å². The van der Waals surface area contributed by atoms with Gasteiger partial charge in [-0.05, 0) is 74.3 Å². The standard InChI is InChI=1S/C22H26N2O3/c25-22(18-8-10-19(11-9-18)26-15-16-5-6-16)24-14-17-7-12-21(23-13-17)27-20-3-1-2-4-20/h7-13,16,20H,1-6,14-15H2,(H,24,25). The predicted molar refractivity (Wildman–Crippen MR) is 103 cm³/mol. The molecular weight excluding hydrogens is 340 g/mol. The summed E-state index contributed by atoms with van der Waals surface area (Å²) < 4.78 is 11.6. The van der Waals surface area contributed by atoms with Crippen molar-refractivity contribution in [1.82, 2.24) is 10.3 Å². The third-order valence-electron chi connectivity index (χ3n) is 5.14. The first-order valence-electron chi connectivity index (χ1n) is 9.89. The zero-order chi connectivity index (χ0) is 18.5. The minimum atomic E-state index is -0.102. The van der Waals surface area contributed by atoms with E-state index in [0.29, 0.717) is 24.1 Å². The number of hydrogen-bond acceptors (Lipinski definition) is 4. The van der Waals surface area contributed by atoms with Gasteiger partial charge in [0.1, 0.15) is 11.9 Å². The fourth-order valence-corrected chi connectivity index (χ4v) is 3.25. The molecule has 1 aromatic heterocycles. The molecule has 142 valence electrons. The summed E-state index contributed by atoms with van der Waals surface area (Å²) in [5.74, 6) is 2.10. The van der Waals surface area contributed by atoms with Gasteiger partial charge >= 0.3 is 0 Å². The molecule has 2 aliphatic rings. The van der Waals surface area contributed by atoms with Gasteiger partial charge in [-0.3, -0.25) is 4.79 Å². The molecule has 0 radical (unpaired) electrons. The summed E-state index contributed by atoms with van der Waals surface area (Å²) in [7, 11) is 0. The maximum atomic E-state index is 12.3. The van der Waals surface area contributed by atoms with Crippen LogP contribution in [0.4, 0.5) is 0 Å². The lowest BCUT2D eigenvalue weighted by Crippen LogP contribution is -2.22. The van der Waals surface area contributed by atoms with Crippen LogP contribution in [0.1, 0.15) is 54.4 Å². The molecule has 1 N–H and O–H groups in total. The van der Waals surface area contributed by atoms with E-state index in [4.69, 9.17) is 9.47 Å². The molecule has 1 heterocycles. The van der Waals surface area contributed by atoms with E-state index >= 15 is 0 Å². The number of hydrogen-bond donors (Lipinski definition) is 1. The van der Waals surface area contributed by atoms with Gasteiger partial charge in [0, 0.05) is 24.4 Å². The average Bonchev–Trinajstić information content (AvgIpc) is 3.40. The van der Waals surface area contributed by atoms with Crippen molar-refractivity contribution in [2.24, 2.45) is 5.92 Å². The molecular formula is C22H26N2O3. The maximum absolute atomic E-state index is 12.3. The zero-order valence-electron chi connectivity index (χ0n) is 15.5. The minimum absolute atomic E-state index is 0.102. The number of rotatable bonds is 8. The van der Waals surface area contributed by atoms with Crippen molar-refractivity contribution in [3.63, 3.8) is 0 Å². The fourth-order valence-electron chi connectivity index (χ4n) is 3.25. The van der Waals surface area contributed by atoms with Gasteiger partial charge in [-0.2, -0.15) is 0 Å². The van der Waals surface area contributed by atoms with Crippen molar-refractivity contribution in [3.8, 4) is 11.6 Å². The van der Waals surface area contributed by atoms with Crippen LogP contribution in [0.2, 0.25) is 0 Å². The third-order valence-corrected chi connectivity index (χ3v) is 5.14. The van der Waals surface area contributed by atoms with Crippen LogP contribution < -0.4 is 14.8 Å². The number of amides is 1. The topological polar surface area (TPSA) is 60.5 Å². The Morgan fingerprint density at radius 2 is 1.81 bits per heavy atom. The number of nitrogens with zero attached hydrogens (tertiary/aromatic N) is 1. The lowest BCUT2D eigenvalue weighted by atomic mass is 10.2. The molecule has 0 spiro atoms. The molecule has 2 aliphatic carbocycles. The first-order valence-corrected chi connectivity index (χ1v) is 9.89. The molecule has 0 aliphatic heterocycles. The number of carbonyl (C=O) groups excluding carboxylic acids is 1. The van der Waals surface area contributed by atoms with Crippen LogP contribution in [-0.4, -0.2) is 23.6 Å². The summed E-state index contributed by atoms with van der Waals surface area (Å²) >= 11 is 0. The summed E-state index contributed by atoms with van der Waals surface area (Å²) in [6.07, 6.45) is 9.31. The molecule has 0 saturated heterocycles. The van der Waals surface area contributed by atoms with Crippen LogP contribution in [-0.2, 0) is 6.54 Å². The van der Waals surface area contributed by atoms with Crippen molar-refractivity contribution in [2.75, 3.05) is 6.61 Å². The molecule has 2 fully saturated rings. The zero-order valence-corrected chi connectivity index (χ0v) is 15.5. The van der Waals surface area contributed by atoms with E-state index in [-0.39, 0.29) is 5.91 Å². The highest BCUT2D eigenvalue weighted by Crippen LogP contribution is 2.29. The lowest BCUT2D eigenvalue weighted by molar-refractivity contribution is 0.0951. The van der Waals surface area contributed by atoms with Gasteiger partial charge in [0.25, 0.3) is 5.91 Å². The Morgan fingerprint density at radius 1 is 1.04 bits per heavy atom. The molecule has 1 aromatic carbocycles. The summed E-state index contributed by atoms with van der Waals surface area (Å²) in [6, 6.07) is 11.1. The SMILES string of the molecule is O=C(NCc1ccc(OC2CCCC2)nc1)c1ccc(OCC2CC2)cc1. The third kappa shape index (κ3) is 5.22. The maximum Gasteiger partial charge on any atom is 0.251 e. The van der Waals surface area contributed by atoms with E-state index in [2.05, 4.69) is 10.3 Å². The first-order chi connectivity index (χ1) is 13.3. The Morgan fingerprint density at radius 3 is 2.48 bits per heavy atom. The Balaban J connectivity index is 1.24. The summed E-state index contributed by atoms with van der Waals surface area (Å²) in [5.41, 5.74) is 1.58. The van der Waals surface area contributed by atoms with E-state index in [1.807, 2.05) is 24.3 Å². The molecule has 5 heteroatoms. The number of nitrogens with one attached hydrogen (secondary N) is 1. The number of benzene rings is 1. The Kier molecular flexibility index (Phi) is 5.56. The summed E-state index contributed by atoms with van der Waals surface area (Å²) in [6.45, 7) is 1.22. The van der Waals surface area contributed by atoms with Gasteiger partial charge in [-0.25, -0.2) is 4.98 Å². The fraction of sp³-hybridized carbons (Fsp3) is 0.455. The number of ether oxygens (including phenoxy) is 2. The van der Waals surface area contributed by atoms with Gasteiger partial charge < -0.3 is 14.8 Å². The van der Waals surface area contributed by atoms with Gasteiger partial charge in [-0.1, -0.05) is 6.07 Å². The van der Waals surface area contributed by atoms with Crippen molar-refractivity contribution in [1.29, 1.82) is 0 Å². The van der Waals surface area contributed by atoms with E-state index in [9.17, 15) is 4.79 Å². The highest BCUT2D eigenvalue weighted by atomic mass is 16.5. The Labute approximate surface area is 160 Å². The number of pyridine rings is 1. The second kappa shape index (κ2) is 8.42. The van der Waals surface area contributed by atoms with Crippen LogP contribution >= 0.6 is 0 Å². The van der Waals surface area contributed by atoms with E-state index in [1.165, 1.54) is 25.7 Å². The van der Waals surface area contributed by atoms with Gasteiger partial charge in [-0.15, -0.1) is 0 Å². The van der Waals surface area contributed by atoms with Gasteiger partial charge in [0.05, 0.1) is 6.61 Å². The van der Waals surface area contributed by atoms with Crippen molar-refractivity contribution in [3.05, 3.63) is 53.7 Å². The molecule has 27 heavy (non-hydrogen) atoms. The van der Waals surface area contributed by atoms with Gasteiger partial charge in [0.2, 0.25) is 5.88 Å². The molecule has 0 unspecified atom stereocenters. The normalized spacial score (nSPS) is 16.9. The van der Waals surface area contributed by atoms with Crippen molar-refractivity contribution < 1.29 is 14.3 Å². The molecule has 1 amide bonds. The van der Waals surface area contributed by atoms with E-state index < -0.39 is 0 Å². The monoisotopic (exact) mass is 366 g/mol. The number of carbonyl (C=O) groups is 1. The second-order valence-corrected chi connectivity index (χ2v) is 7.49. The van der Waals surface area contributed by atoms with Gasteiger partial charge in [0.15, 0.2) is 0 Å². The van der Waals surface area contributed by atoms with Crippen LogP contribution in [0.25, 0.3) is 0 Å². The molecule has 2 saturated carbocycles. The van der Waals surface area contributed by atoms with Crippen LogP contribution in [0, 0.1) is 5.92 Å². The Hall–Kier alpha value is -2.56. The average molecular weight is 366 g/mol. The van der Waals surface area contributed by atoms with E-state index in [0.717, 1.165) is 36.7 Å². The van der Waals surface area contributed by atoms with Crippen LogP contribution in [0.5, 0.6) is 11.6 Å². The molecule has 2 aromatic rings. The molecule has 4 rings (SSSR count). The summed E-state index contributed by atoms with van der Waals surface area (Å²) in [5, 5.41) is 2.93. The molecule has 5 nitrogen and oxygen atoms in total. The highest BCUT2D eigenvalue weighted by molar-refractivity contribution is 5.94. The second-order valence-electron chi connectivity index (χ2n) is 7.49. The molecule has 0 atom stereocenters. The largest absolute Gasteiger partial charge is 0.493 e. The van der Waals surface area contributed by atoms with Crippen molar-refractivity contribution in [2.45, 2.75) is 51.2 Å². The number of aromatic nitrogens is 1. The summed E-state index contributed by atoms with van der Waals surface area (Å²) in [4.78, 5) is 16.7. The van der Waals surface area contributed by atoms with E-state index in [1.54, 1.807) is 18.3 Å². The smallest absolute Gasteiger partial charge is 0.251 e. The highest BCUT2D eigenvalue weighted by Gasteiger charge is 2.21. The molecule has 0 bridgehead atoms. The quantitative estimate of drug-likeness (QED) is 0.763. The van der Waals surface area contributed by atoms with Crippen molar-refractivity contribution >= 4 is 5.91 Å². The minimum Gasteiger partial charge on any atom is -0.493 e. The predicted octanol–water partition coefficient (Wildman–Crippen LogP) is 4.12. The Bertz CT molecular complexity index is 748.